The summed E-state index contributed by atoms with van der Waals surface area (Å²) in [6.07, 6.45) is 4.37. The fourth-order valence-corrected chi connectivity index (χ4v) is 4.26. The summed E-state index contributed by atoms with van der Waals surface area (Å²) in [5, 5.41) is 10.6. The number of nitrogens with zero attached hydrogens (tertiary/aromatic N) is 2. The van der Waals surface area contributed by atoms with E-state index in [0.29, 0.717) is 6.04 Å². The highest BCUT2D eigenvalue weighted by molar-refractivity contribution is 14.0. The van der Waals surface area contributed by atoms with Gasteiger partial charge in [0.05, 0.1) is 12.1 Å². The van der Waals surface area contributed by atoms with Crippen LogP contribution in [0.4, 0.5) is 5.00 Å². The lowest BCUT2D eigenvalue weighted by Crippen LogP contribution is -2.48. The van der Waals surface area contributed by atoms with Crippen LogP contribution in [0.15, 0.2) is 46.8 Å². The second-order valence-corrected chi connectivity index (χ2v) is 8.00. The monoisotopic (exact) mass is 528 g/mol. The Hall–Kier alpha value is -1.48. The zero-order chi connectivity index (χ0) is 19.6. The Morgan fingerprint density at radius 3 is 2.59 bits per heavy atom. The molecule has 0 unspecified atom stereocenters. The number of hydrogen-bond donors (Lipinski definition) is 2. The molecule has 0 radical (unpaired) electrons. The first-order valence-corrected chi connectivity index (χ1v) is 11.1. The Balaban J connectivity index is 0.00000300. The van der Waals surface area contributed by atoms with Gasteiger partial charge < -0.3 is 20.3 Å². The zero-order valence-corrected chi connectivity index (χ0v) is 20.5. The van der Waals surface area contributed by atoms with Crippen molar-refractivity contribution in [3.63, 3.8) is 0 Å². The molecule has 0 aliphatic carbocycles. The SMILES string of the molecule is CCNC(=NCCCc1ccc(OC)cc1)NC1CCN(c2cccs2)CC1.I. The lowest BCUT2D eigenvalue weighted by Gasteiger charge is -2.33. The van der Waals surface area contributed by atoms with Crippen LogP contribution in [-0.4, -0.2) is 45.3 Å². The van der Waals surface area contributed by atoms with Gasteiger partial charge in [0.25, 0.3) is 0 Å². The van der Waals surface area contributed by atoms with Crippen molar-refractivity contribution in [3.8, 4) is 5.75 Å². The van der Waals surface area contributed by atoms with E-state index in [1.54, 1.807) is 7.11 Å². The molecule has 0 spiro atoms. The molecule has 2 N–H and O–H groups in total. The number of thiophene rings is 1. The topological polar surface area (TPSA) is 48.9 Å². The molecule has 0 bridgehead atoms. The normalized spacial score (nSPS) is 15.0. The number of halogens is 1. The molecular weight excluding hydrogens is 495 g/mol. The number of methoxy groups -OCH3 is 1. The summed E-state index contributed by atoms with van der Waals surface area (Å²) in [5.74, 6) is 1.86. The van der Waals surface area contributed by atoms with Crippen LogP contribution in [0.5, 0.6) is 5.75 Å². The molecule has 29 heavy (non-hydrogen) atoms. The molecule has 7 heteroatoms. The minimum Gasteiger partial charge on any atom is -0.497 e. The smallest absolute Gasteiger partial charge is 0.191 e. The van der Waals surface area contributed by atoms with E-state index < -0.39 is 0 Å². The summed E-state index contributed by atoms with van der Waals surface area (Å²) in [7, 11) is 1.70. The van der Waals surface area contributed by atoms with Crippen LogP contribution < -0.4 is 20.3 Å². The maximum absolute atomic E-state index is 5.21. The fraction of sp³-hybridized carbons (Fsp3) is 0.500. The Labute approximate surface area is 196 Å². The number of benzene rings is 1. The summed E-state index contributed by atoms with van der Waals surface area (Å²) in [4.78, 5) is 7.27. The van der Waals surface area contributed by atoms with E-state index >= 15 is 0 Å². The van der Waals surface area contributed by atoms with Gasteiger partial charge in [0.15, 0.2) is 5.96 Å². The molecular formula is C22H33IN4OS. The van der Waals surface area contributed by atoms with Gasteiger partial charge in [-0.3, -0.25) is 4.99 Å². The maximum atomic E-state index is 5.21. The Morgan fingerprint density at radius 1 is 1.21 bits per heavy atom. The zero-order valence-electron chi connectivity index (χ0n) is 17.4. The predicted octanol–water partition coefficient (Wildman–Crippen LogP) is 4.53. The highest BCUT2D eigenvalue weighted by Gasteiger charge is 2.20. The van der Waals surface area contributed by atoms with E-state index in [0.717, 1.165) is 63.6 Å². The van der Waals surface area contributed by atoms with Crippen molar-refractivity contribution in [1.29, 1.82) is 0 Å². The van der Waals surface area contributed by atoms with Crippen molar-refractivity contribution < 1.29 is 4.74 Å². The Bertz CT molecular complexity index is 713. The largest absolute Gasteiger partial charge is 0.497 e. The van der Waals surface area contributed by atoms with E-state index in [9.17, 15) is 0 Å². The summed E-state index contributed by atoms with van der Waals surface area (Å²) in [5.41, 5.74) is 1.33. The quantitative estimate of drug-likeness (QED) is 0.229. The second kappa shape index (κ2) is 13.0. The molecule has 0 atom stereocenters. The van der Waals surface area contributed by atoms with Gasteiger partial charge in [-0.25, -0.2) is 0 Å². The molecule has 5 nitrogen and oxygen atoms in total. The number of aryl methyl sites for hydroxylation is 1. The first-order chi connectivity index (χ1) is 13.8. The summed E-state index contributed by atoms with van der Waals surface area (Å²) in [6, 6.07) is 13.1. The number of hydrogen-bond acceptors (Lipinski definition) is 4. The number of rotatable bonds is 8. The van der Waals surface area contributed by atoms with E-state index in [-0.39, 0.29) is 24.0 Å². The minimum absolute atomic E-state index is 0. The molecule has 1 aromatic carbocycles. The molecule has 3 rings (SSSR count). The lowest BCUT2D eigenvalue weighted by molar-refractivity contribution is 0.414. The number of aliphatic imine (C=N–C) groups is 1. The van der Waals surface area contributed by atoms with Gasteiger partial charge in [-0.2, -0.15) is 0 Å². The summed E-state index contributed by atoms with van der Waals surface area (Å²) >= 11 is 1.83. The van der Waals surface area contributed by atoms with Gasteiger partial charge in [0.1, 0.15) is 5.75 Å². The molecule has 0 amide bonds. The molecule has 1 aromatic heterocycles. The molecule has 1 saturated heterocycles. The van der Waals surface area contributed by atoms with Gasteiger partial charge in [-0.05, 0) is 67.8 Å². The van der Waals surface area contributed by atoms with Crippen molar-refractivity contribution >= 4 is 46.3 Å². The van der Waals surface area contributed by atoms with Crippen molar-refractivity contribution in [2.75, 3.05) is 38.2 Å². The predicted molar refractivity (Wildman–Crippen MR) is 135 cm³/mol. The number of nitrogens with one attached hydrogen (secondary N) is 2. The number of guanidine groups is 1. The first-order valence-electron chi connectivity index (χ1n) is 10.2. The molecule has 2 heterocycles. The van der Waals surface area contributed by atoms with Crippen LogP contribution in [0.25, 0.3) is 0 Å². The van der Waals surface area contributed by atoms with Gasteiger partial charge in [-0.15, -0.1) is 35.3 Å². The molecule has 2 aromatic rings. The van der Waals surface area contributed by atoms with Crippen LogP contribution in [0.3, 0.4) is 0 Å². The highest BCUT2D eigenvalue weighted by atomic mass is 127. The average Bonchev–Trinajstić information content (AvgIpc) is 3.27. The van der Waals surface area contributed by atoms with Crippen LogP contribution in [0, 0.1) is 0 Å². The third-order valence-corrected chi connectivity index (χ3v) is 5.98. The van der Waals surface area contributed by atoms with E-state index in [1.807, 2.05) is 23.5 Å². The minimum atomic E-state index is 0. The Kier molecular flexibility index (Phi) is 10.6. The highest BCUT2D eigenvalue weighted by Crippen LogP contribution is 2.24. The lowest BCUT2D eigenvalue weighted by atomic mass is 10.1. The van der Waals surface area contributed by atoms with Crippen LogP contribution in [0.1, 0.15) is 31.7 Å². The van der Waals surface area contributed by atoms with Crippen molar-refractivity contribution in [1.82, 2.24) is 10.6 Å². The Morgan fingerprint density at radius 2 is 1.97 bits per heavy atom. The number of piperidine rings is 1. The summed E-state index contributed by atoms with van der Waals surface area (Å²) in [6.45, 7) is 6.05. The first kappa shape index (κ1) is 23.8. The van der Waals surface area contributed by atoms with Crippen LogP contribution in [0.2, 0.25) is 0 Å². The van der Waals surface area contributed by atoms with E-state index in [1.165, 1.54) is 10.6 Å². The van der Waals surface area contributed by atoms with Crippen LogP contribution >= 0.6 is 35.3 Å². The molecule has 1 aliphatic rings. The van der Waals surface area contributed by atoms with Gasteiger partial charge in [-0.1, -0.05) is 12.1 Å². The second-order valence-electron chi connectivity index (χ2n) is 7.07. The average molecular weight is 529 g/mol. The standard InChI is InChI=1S/C22H32N4OS.HI/c1-3-23-22(24-14-4-6-18-8-10-20(27-2)11-9-18)25-19-12-15-26(16-13-19)21-7-5-17-28-21;/h5,7-11,17,19H,3-4,6,12-16H2,1-2H3,(H2,23,24,25);1H. The molecule has 1 fully saturated rings. The van der Waals surface area contributed by atoms with Crippen molar-refractivity contribution in [3.05, 3.63) is 47.3 Å². The third-order valence-electron chi connectivity index (χ3n) is 5.05. The van der Waals surface area contributed by atoms with Crippen LogP contribution in [-0.2, 0) is 6.42 Å². The molecule has 160 valence electrons. The maximum Gasteiger partial charge on any atom is 0.191 e. The summed E-state index contributed by atoms with van der Waals surface area (Å²) < 4.78 is 5.21. The number of ether oxygens (including phenoxy) is 1. The van der Waals surface area contributed by atoms with Gasteiger partial charge in [0, 0.05) is 32.2 Å². The number of anilines is 1. The van der Waals surface area contributed by atoms with E-state index in [2.05, 4.69) is 52.1 Å². The van der Waals surface area contributed by atoms with Crippen molar-refractivity contribution in [2.24, 2.45) is 4.99 Å². The van der Waals surface area contributed by atoms with Crippen molar-refractivity contribution in [2.45, 2.75) is 38.6 Å². The molecule has 0 saturated carbocycles. The van der Waals surface area contributed by atoms with Gasteiger partial charge >= 0.3 is 0 Å². The molecule has 1 aliphatic heterocycles. The van der Waals surface area contributed by atoms with Gasteiger partial charge in [0.2, 0.25) is 0 Å². The fourth-order valence-electron chi connectivity index (χ4n) is 3.47. The van der Waals surface area contributed by atoms with E-state index in [4.69, 9.17) is 9.73 Å². The third kappa shape index (κ3) is 7.70.